The van der Waals surface area contributed by atoms with Crippen molar-refractivity contribution in [2.45, 2.75) is 25.4 Å². The number of piperazine rings is 1. The van der Waals surface area contributed by atoms with Crippen molar-refractivity contribution in [2.75, 3.05) is 26.2 Å². The molecule has 2 heterocycles. The van der Waals surface area contributed by atoms with Gasteiger partial charge in [-0.3, -0.25) is 0 Å². The molecule has 8 heteroatoms. The zero-order valence-corrected chi connectivity index (χ0v) is 16.8. The largest absolute Gasteiger partial charge is 0.424 e. The number of aryl methyl sites for hydroxylation is 2. The van der Waals surface area contributed by atoms with Crippen LogP contribution >= 0.6 is 0 Å². The molecule has 0 unspecified atom stereocenters. The lowest BCUT2D eigenvalue weighted by Crippen LogP contribution is -3.14. The van der Waals surface area contributed by atoms with Crippen LogP contribution in [0, 0.1) is 13.8 Å². The maximum absolute atomic E-state index is 12.9. The van der Waals surface area contributed by atoms with E-state index in [1.807, 2.05) is 38.1 Å². The van der Waals surface area contributed by atoms with Crippen LogP contribution in [-0.2, 0) is 16.7 Å². The maximum atomic E-state index is 12.9. The van der Waals surface area contributed by atoms with E-state index in [1.54, 1.807) is 22.8 Å². The minimum Gasteiger partial charge on any atom is -0.408 e. The lowest BCUT2D eigenvalue weighted by Gasteiger charge is -2.31. The van der Waals surface area contributed by atoms with E-state index in [9.17, 15) is 13.2 Å². The van der Waals surface area contributed by atoms with Gasteiger partial charge in [0, 0.05) is 0 Å². The molecule has 1 saturated heterocycles. The first-order valence-corrected chi connectivity index (χ1v) is 10.8. The van der Waals surface area contributed by atoms with Crippen molar-refractivity contribution in [1.29, 1.82) is 0 Å². The second-order valence-electron chi connectivity index (χ2n) is 7.32. The summed E-state index contributed by atoms with van der Waals surface area (Å²) < 4.78 is 34.3. The van der Waals surface area contributed by atoms with E-state index >= 15 is 0 Å². The molecule has 4 rings (SSSR count). The van der Waals surface area contributed by atoms with Crippen molar-refractivity contribution in [2.24, 2.45) is 0 Å². The Morgan fingerprint density at radius 3 is 2.46 bits per heavy atom. The molecule has 1 fully saturated rings. The average molecular weight is 402 g/mol. The minimum absolute atomic E-state index is 0.344. The molecule has 0 radical (unpaired) electrons. The van der Waals surface area contributed by atoms with Crippen molar-refractivity contribution >= 4 is 21.1 Å². The first-order chi connectivity index (χ1) is 13.4. The van der Waals surface area contributed by atoms with Crippen LogP contribution < -0.4 is 10.7 Å². The first-order valence-electron chi connectivity index (χ1n) is 9.35. The molecular formula is C20H24N3O4S+. The Bertz CT molecular complexity index is 1170. The molecule has 0 aliphatic carbocycles. The summed E-state index contributed by atoms with van der Waals surface area (Å²) in [5.74, 6) is -0.376. The summed E-state index contributed by atoms with van der Waals surface area (Å²) in [4.78, 5) is 13.7. The Morgan fingerprint density at radius 2 is 1.75 bits per heavy atom. The molecular weight excluding hydrogens is 378 g/mol. The van der Waals surface area contributed by atoms with Gasteiger partial charge in [0.25, 0.3) is 0 Å². The van der Waals surface area contributed by atoms with Gasteiger partial charge >= 0.3 is 5.76 Å². The lowest BCUT2D eigenvalue weighted by atomic mass is 10.1. The van der Waals surface area contributed by atoms with Gasteiger partial charge < -0.3 is 9.32 Å². The van der Waals surface area contributed by atoms with Gasteiger partial charge in [-0.15, -0.1) is 0 Å². The Morgan fingerprint density at radius 1 is 1.04 bits per heavy atom. The van der Waals surface area contributed by atoms with Crippen molar-refractivity contribution in [3.05, 3.63) is 64.1 Å². The average Bonchev–Trinajstić information content (AvgIpc) is 3.00. The van der Waals surface area contributed by atoms with E-state index < -0.39 is 10.0 Å². The lowest BCUT2D eigenvalue weighted by molar-refractivity contribution is -0.926. The van der Waals surface area contributed by atoms with E-state index in [0.717, 1.165) is 21.5 Å². The molecule has 1 aliphatic heterocycles. The van der Waals surface area contributed by atoms with E-state index in [-0.39, 0.29) is 5.76 Å². The third-order valence-electron chi connectivity index (χ3n) is 5.50. The normalized spacial score (nSPS) is 16.6. The number of nitrogens with one attached hydrogen (secondary N) is 1. The Balaban J connectivity index is 1.47. The molecule has 0 bridgehead atoms. The zero-order chi connectivity index (χ0) is 19.9. The van der Waals surface area contributed by atoms with Gasteiger partial charge in [0.2, 0.25) is 10.0 Å². The third kappa shape index (κ3) is 3.39. The summed E-state index contributed by atoms with van der Waals surface area (Å²) in [7, 11) is -3.50. The van der Waals surface area contributed by atoms with Gasteiger partial charge in [-0.05, 0) is 49.2 Å². The number of para-hydroxylation sites is 2. The minimum atomic E-state index is -3.50. The fourth-order valence-corrected chi connectivity index (χ4v) is 5.14. The number of rotatable bonds is 4. The number of hydrogen-bond acceptors (Lipinski definition) is 4. The molecule has 1 aliphatic rings. The predicted molar refractivity (Wildman–Crippen MR) is 106 cm³/mol. The smallest absolute Gasteiger partial charge is 0.408 e. The number of quaternary nitrogens is 1. The van der Waals surface area contributed by atoms with Crippen molar-refractivity contribution in [1.82, 2.24) is 8.87 Å². The van der Waals surface area contributed by atoms with Crippen molar-refractivity contribution in [3.8, 4) is 0 Å². The Kier molecular flexibility index (Phi) is 4.86. The van der Waals surface area contributed by atoms with Gasteiger partial charge in [0.15, 0.2) is 12.3 Å². The van der Waals surface area contributed by atoms with E-state index in [1.165, 1.54) is 4.31 Å². The number of oxazole rings is 1. The molecule has 0 amide bonds. The zero-order valence-electron chi connectivity index (χ0n) is 16.0. The number of hydrogen-bond donors (Lipinski definition) is 1. The summed E-state index contributed by atoms with van der Waals surface area (Å²) in [6, 6.07) is 12.6. The molecule has 2 aromatic carbocycles. The van der Waals surface area contributed by atoms with Gasteiger partial charge in [-0.2, -0.15) is 4.31 Å². The highest BCUT2D eigenvalue weighted by atomic mass is 32.2. The van der Waals surface area contributed by atoms with Crippen LogP contribution in [0.5, 0.6) is 0 Å². The van der Waals surface area contributed by atoms with Gasteiger partial charge in [0.05, 0.1) is 36.6 Å². The first kappa shape index (κ1) is 18.9. The number of fused-ring (bicyclic) bond motifs is 1. The highest BCUT2D eigenvalue weighted by Gasteiger charge is 2.31. The van der Waals surface area contributed by atoms with Gasteiger partial charge in [-0.25, -0.2) is 17.8 Å². The summed E-state index contributed by atoms with van der Waals surface area (Å²) in [6.45, 7) is 6.47. The summed E-state index contributed by atoms with van der Waals surface area (Å²) in [5, 5.41) is 0. The van der Waals surface area contributed by atoms with Crippen LogP contribution in [0.15, 0.2) is 56.6 Å². The predicted octanol–water partition coefficient (Wildman–Crippen LogP) is 0.758. The van der Waals surface area contributed by atoms with Crippen LogP contribution in [0.2, 0.25) is 0 Å². The second-order valence-corrected chi connectivity index (χ2v) is 9.26. The van der Waals surface area contributed by atoms with Crippen LogP contribution in [0.4, 0.5) is 0 Å². The van der Waals surface area contributed by atoms with Crippen LogP contribution in [0.3, 0.4) is 0 Å². The number of benzene rings is 2. The van der Waals surface area contributed by atoms with Crippen LogP contribution in [0.25, 0.3) is 11.1 Å². The van der Waals surface area contributed by atoms with Crippen LogP contribution in [-0.4, -0.2) is 43.5 Å². The molecule has 3 aromatic rings. The monoisotopic (exact) mass is 402 g/mol. The SMILES string of the molecule is Cc1ccc(S(=O)(=O)N2CC[NH+](Cn3c(=O)oc4ccccc43)CC2)cc1C. The van der Waals surface area contributed by atoms with Crippen molar-refractivity contribution < 1.29 is 17.7 Å². The number of aromatic nitrogens is 1. The van der Waals surface area contributed by atoms with Gasteiger partial charge in [0.1, 0.15) is 0 Å². The summed E-state index contributed by atoms with van der Waals surface area (Å²) in [6.07, 6.45) is 0. The fourth-order valence-electron chi connectivity index (χ4n) is 3.61. The topological polar surface area (TPSA) is 77.0 Å². The third-order valence-corrected chi connectivity index (χ3v) is 7.40. The molecule has 7 nitrogen and oxygen atoms in total. The molecule has 0 atom stereocenters. The molecule has 28 heavy (non-hydrogen) atoms. The number of sulfonamides is 1. The molecule has 0 saturated carbocycles. The van der Waals surface area contributed by atoms with E-state index in [4.69, 9.17) is 4.42 Å². The molecule has 1 aromatic heterocycles. The number of nitrogens with zero attached hydrogens (tertiary/aromatic N) is 2. The van der Waals surface area contributed by atoms with E-state index in [0.29, 0.717) is 43.3 Å². The van der Waals surface area contributed by atoms with Crippen molar-refractivity contribution in [3.63, 3.8) is 0 Å². The molecule has 1 N–H and O–H groups in total. The highest BCUT2D eigenvalue weighted by molar-refractivity contribution is 7.89. The highest BCUT2D eigenvalue weighted by Crippen LogP contribution is 2.19. The van der Waals surface area contributed by atoms with E-state index in [2.05, 4.69) is 0 Å². The second kappa shape index (κ2) is 7.20. The molecule has 148 valence electrons. The Hall–Kier alpha value is -2.42. The standard InChI is InChI=1S/C20H23N3O4S/c1-15-7-8-17(13-16(15)2)28(25,26)22-11-9-21(10-12-22)14-23-18-5-3-4-6-19(18)27-20(23)24/h3-8,13H,9-12,14H2,1-2H3/p+1. The maximum Gasteiger partial charge on any atom is 0.424 e. The van der Waals surface area contributed by atoms with Gasteiger partial charge in [-0.1, -0.05) is 18.2 Å². The summed E-state index contributed by atoms with van der Waals surface area (Å²) >= 11 is 0. The quantitative estimate of drug-likeness (QED) is 0.699. The fraction of sp³-hybridized carbons (Fsp3) is 0.350. The van der Waals surface area contributed by atoms with Crippen LogP contribution in [0.1, 0.15) is 11.1 Å². The Labute approximate surface area is 163 Å². The summed E-state index contributed by atoms with van der Waals surface area (Å²) in [5.41, 5.74) is 3.38. The molecule has 0 spiro atoms.